The van der Waals surface area contributed by atoms with Crippen LogP contribution in [-0.2, 0) is 30.8 Å². The quantitative estimate of drug-likeness (QED) is 0.152. The zero-order valence-corrected chi connectivity index (χ0v) is 30.4. The Bertz CT molecular complexity index is 2170. The van der Waals surface area contributed by atoms with Crippen LogP contribution in [0.2, 0.25) is 10.0 Å². The number of allylic oxidation sites excluding steroid dienone is 2. The summed E-state index contributed by atoms with van der Waals surface area (Å²) in [6.07, 6.45) is -8.18. The minimum atomic E-state index is -5.17. The minimum absolute atomic E-state index is 0.0137. The number of phenolic OH excluding ortho intramolecular Hbond substituents is 1. The number of carbonyl (C=O) groups excluding carboxylic acids is 4. The Balaban J connectivity index is 1.47. The maximum absolute atomic E-state index is 15.2. The number of hydrazine groups is 1. The summed E-state index contributed by atoms with van der Waals surface area (Å²) in [4.78, 5) is 62.8. The Morgan fingerprint density at radius 3 is 2.18 bits per heavy atom. The van der Waals surface area contributed by atoms with Gasteiger partial charge in [0.2, 0.25) is 11.8 Å². The first-order chi connectivity index (χ1) is 25.6. The summed E-state index contributed by atoms with van der Waals surface area (Å²) in [5.41, 5.74) is -1.63. The van der Waals surface area contributed by atoms with Gasteiger partial charge in [0.05, 0.1) is 33.8 Å². The number of imide groups is 2. The summed E-state index contributed by atoms with van der Waals surface area (Å²) in [5.74, 6) is -10.6. The number of fused-ring (bicyclic) bond motifs is 4. The highest BCUT2D eigenvalue weighted by Gasteiger charge is 2.71. The van der Waals surface area contributed by atoms with Gasteiger partial charge in [-0.3, -0.25) is 29.5 Å². The molecule has 3 aromatic rings. The molecule has 2 N–H and O–H groups in total. The fourth-order valence-electron chi connectivity index (χ4n) is 8.75. The van der Waals surface area contributed by atoms with Crippen LogP contribution in [0, 0.1) is 23.7 Å². The van der Waals surface area contributed by atoms with Gasteiger partial charge in [-0.15, -0.1) is 13.2 Å². The van der Waals surface area contributed by atoms with Gasteiger partial charge in [0.25, 0.3) is 11.8 Å². The number of ether oxygens (including phenoxy) is 1. The lowest BCUT2D eigenvalue weighted by atomic mass is 9.49. The van der Waals surface area contributed by atoms with Gasteiger partial charge in [-0.1, -0.05) is 47.0 Å². The molecule has 4 aliphatic rings. The van der Waals surface area contributed by atoms with Crippen LogP contribution in [0.3, 0.4) is 0 Å². The number of alkyl halides is 6. The fourth-order valence-corrected chi connectivity index (χ4v) is 9.08. The van der Waals surface area contributed by atoms with E-state index in [9.17, 15) is 45.8 Å². The number of anilines is 1. The van der Waals surface area contributed by atoms with Gasteiger partial charge in [-0.2, -0.15) is 18.2 Å². The Labute approximate surface area is 319 Å². The van der Waals surface area contributed by atoms with Crippen molar-refractivity contribution in [2.24, 2.45) is 23.7 Å². The molecule has 0 spiro atoms. The van der Waals surface area contributed by atoms with Crippen LogP contribution in [0.1, 0.15) is 56.2 Å². The van der Waals surface area contributed by atoms with Crippen molar-refractivity contribution in [2.45, 2.75) is 63.0 Å². The average Bonchev–Trinajstić information content (AvgIpc) is 3.47. The molecule has 3 fully saturated rings. The number of phenols is 1. The molecule has 7 rings (SSSR count). The maximum Gasteiger partial charge on any atom is 0.573 e. The van der Waals surface area contributed by atoms with E-state index in [4.69, 9.17) is 23.2 Å². The van der Waals surface area contributed by atoms with Crippen molar-refractivity contribution in [1.82, 2.24) is 14.9 Å². The number of aromatic nitrogens is 1. The summed E-state index contributed by atoms with van der Waals surface area (Å²) in [6.45, 7) is 5.03. The van der Waals surface area contributed by atoms with E-state index in [-0.39, 0.29) is 29.0 Å². The van der Waals surface area contributed by atoms with Crippen molar-refractivity contribution >= 4 is 52.6 Å². The first kappa shape index (κ1) is 38.4. The van der Waals surface area contributed by atoms with Gasteiger partial charge in [-0.25, -0.2) is 4.98 Å². The van der Waals surface area contributed by atoms with E-state index in [2.05, 4.69) is 15.1 Å². The van der Waals surface area contributed by atoms with Crippen molar-refractivity contribution in [3.63, 3.8) is 0 Å². The average molecular weight is 812 g/mol. The molecule has 18 heteroatoms. The third-order valence-electron chi connectivity index (χ3n) is 10.8. The number of pyridine rings is 1. The summed E-state index contributed by atoms with van der Waals surface area (Å²) < 4.78 is 85.2. The predicted octanol–water partition coefficient (Wildman–Crippen LogP) is 7.79. The van der Waals surface area contributed by atoms with Crippen molar-refractivity contribution < 1.29 is 55.4 Å². The number of hydrogen-bond donors (Lipinski definition) is 2. The number of likely N-dealkylation sites (tertiary alicyclic amines) is 1. The molecule has 4 amide bonds. The van der Waals surface area contributed by atoms with Gasteiger partial charge >= 0.3 is 12.5 Å². The van der Waals surface area contributed by atoms with Crippen LogP contribution >= 0.6 is 23.2 Å². The van der Waals surface area contributed by atoms with Crippen molar-refractivity contribution in [3.05, 3.63) is 93.1 Å². The van der Waals surface area contributed by atoms with Gasteiger partial charge in [0.15, 0.2) is 5.82 Å². The summed E-state index contributed by atoms with van der Waals surface area (Å²) in [7, 11) is 0. The molecule has 0 radical (unpaired) electrons. The molecule has 1 saturated carbocycles. The third kappa shape index (κ3) is 6.17. The van der Waals surface area contributed by atoms with Gasteiger partial charge < -0.3 is 9.84 Å². The Morgan fingerprint density at radius 2 is 1.58 bits per heavy atom. The topological polar surface area (TPSA) is 129 Å². The first-order valence-corrected chi connectivity index (χ1v) is 17.6. The first-order valence-electron chi connectivity index (χ1n) is 16.9. The number of nitrogens with one attached hydrogen (secondary N) is 1. The van der Waals surface area contributed by atoms with E-state index in [0.717, 1.165) is 23.1 Å². The molecule has 2 aromatic carbocycles. The molecule has 2 aliphatic carbocycles. The Kier molecular flexibility index (Phi) is 8.99. The molecule has 1 aromatic heterocycles. The number of halogens is 8. The molecule has 10 nitrogen and oxygen atoms in total. The van der Waals surface area contributed by atoms with Gasteiger partial charge in [0, 0.05) is 28.2 Å². The summed E-state index contributed by atoms with van der Waals surface area (Å²) in [5, 5.41) is 11.6. The zero-order chi connectivity index (χ0) is 40.2. The molecule has 3 heterocycles. The lowest BCUT2D eigenvalue weighted by molar-refractivity contribution is -0.274. The Hall–Kier alpha value is -4.83. The van der Waals surface area contributed by atoms with Crippen LogP contribution in [0.15, 0.2) is 66.4 Å². The fraction of sp³-hybridized carbons (Fsp3) is 0.378. The second-order valence-corrected chi connectivity index (χ2v) is 15.7. The number of aromatic hydroxyl groups is 1. The van der Waals surface area contributed by atoms with E-state index < -0.39 is 105 Å². The minimum Gasteiger partial charge on any atom is -0.508 e. The van der Waals surface area contributed by atoms with E-state index in [1.54, 1.807) is 26.8 Å². The largest absolute Gasteiger partial charge is 0.573 e. The van der Waals surface area contributed by atoms with Gasteiger partial charge in [-0.05, 0) is 81.5 Å². The van der Waals surface area contributed by atoms with E-state index >= 15 is 4.79 Å². The summed E-state index contributed by atoms with van der Waals surface area (Å²) >= 11 is 12.4. The smallest absolute Gasteiger partial charge is 0.508 e. The number of hydrogen-bond acceptors (Lipinski definition) is 8. The molecule has 6 atom stereocenters. The molecular formula is C37H30Cl2F6N4O6. The van der Waals surface area contributed by atoms with Crippen LogP contribution in [0.4, 0.5) is 32.2 Å². The monoisotopic (exact) mass is 810 g/mol. The Morgan fingerprint density at radius 1 is 0.909 bits per heavy atom. The van der Waals surface area contributed by atoms with Crippen LogP contribution in [0.25, 0.3) is 0 Å². The van der Waals surface area contributed by atoms with Crippen LogP contribution in [-0.4, -0.2) is 55.5 Å². The van der Waals surface area contributed by atoms with Gasteiger partial charge in [0.1, 0.15) is 11.5 Å². The highest BCUT2D eigenvalue weighted by molar-refractivity contribution is 6.33. The molecule has 6 unspecified atom stereocenters. The van der Waals surface area contributed by atoms with Crippen LogP contribution < -0.4 is 10.2 Å². The van der Waals surface area contributed by atoms with Crippen LogP contribution in [0.5, 0.6) is 11.5 Å². The highest BCUT2D eigenvalue weighted by atomic mass is 35.5. The second kappa shape index (κ2) is 12.9. The van der Waals surface area contributed by atoms with Crippen molar-refractivity contribution in [2.75, 3.05) is 5.43 Å². The molecule has 2 saturated heterocycles. The molecule has 290 valence electrons. The van der Waals surface area contributed by atoms with E-state index in [0.29, 0.717) is 22.8 Å². The lowest BCUT2D eigenvalue weighted by Crippen LogP contribution is -2.53. The molecule has 0 bridgehead atoms. The number of rotatable bonds is 5. The highest BCUT2D eigenvalue weighted by Crippen LogP contribution is 2.65. The predicted molar refractivity (Wildman–Crippen MR) is 183 cm³/mol. The SMILES string of the molecule is CC(C)(C)N1C(=O)C2CC=C3C(CC4C(=O)N(Nc5ncc(C(F)(F)F)cc5Cl)C(=O)C4(c4ccc(Cl)cc4)C3c3cc(OC(F)(F)F)ccc3O)C2C1=O. The van der Waals surface area contributed by atoms with Crippen molar-refractivity contribution in [1.29, 1.82) is 0 Å². The van der Waals surface area contributed by atoms with Crippen molar-refractivity contribution in [3.8, 4) is 11.5 Å². The number of nitrogens with zero attached hydrogens (tertiary/aromatic N) is 3. The molecule has 55 heavy (non-hydrogen) atoms. The lowest BCUT2D eigenvalue weighted by Gasteiger charge is -2.50. The number of benzene rings is 2. The zero-order valence-electron chi connectivity index (χ0n) is 28.9. The summed E-state index contributed by atoms with van der Waals surface area (Å²) in [6, 6.07) is 8.94. The van der Waals surface area contributed by atoms with E-state index in [1.807, 2.05) is 0 Å². The maximum atomic E-state index is 15.2. The van der Waals surface area contributed by atoms with E-state index in [1.165, 1.54) is 24.3 Å². The number of carbonyl (C=O) groups is 4. The number of amides is 4. The standard InChI is InChI=1S/C37H30Cl2F6N4O6/c1-34(2,3)48-30(51)21-10-9-20-22(27(21)32(48)53)14-24-31(52)49(47-29-25(39)12-17(15-46-29)36(40,41)42)33(54)35(24,16-4-6-18(38)7-5-16)28(20)23-13-19(8-11-26(23)50)55-37(43,44)45/h4-9,11-13,15,21-22,24,27-28,50H,10,14H2,1-3H3,(H,46,47). The molecule has 2 aliphatic heterocycles. The normalized spacial score (nSPS) is 26.8. The second-order valence-electron chi connectivity index (χ2n) is 14.9. The molecular weight excluding hydrogens is 781 g/mol. The third-order valence-corrected chi connectivity index (χ3v) is 11.3.